The number of rotatable bonds is 4. The average molecular weight is 329 g/mol. The monoisotopic (exact) mass is 328 g/mol. The smallest absolute Gasteiger partial charge is 0.0342 e. The highest BCUT2D eigenvalue weighted by Crippen LogP contribution is 2.42. The minimum atomic E-state index is 0.559. The maximum atomic E-state index is 3.77. The summed E-state index contributed by atoms with van der Waals surface area (Å²) in [6.07, 6.45) is 10.7. The van der Waals surface area contributed by atoms with Crippen LogP contribution >= 0.6 is 0 Å². The molecule has 0 bridgehead atoms. The van der Waals surface area contributed by atoms with Crippen molar-refractivity contribution in [3.63, 3.8) is 0 Å². The lowest BCUT2D eigenvalue weighted by molar-refractivity contribution is 0.221. The van der Waals surface area contributed by atoms with Gasteiger partial charge in [-0.2, -0.15) is 0 Å². The van der Waals surface area contributed by atoms with E-state index in [1.165, 1.54) is 57.1 Å². The molecule has 1 N–H and O–H groups in total. The molecule has 0 heterocycles. The van der Waals surface area contributed by atoms with Gasteiger partial charge in [0.25, 0.3) is 0 Å². The predicted octanol–water partition coefficient (Wildman–Crippen LogP) is 5.66. The van der Waals surface area contributed by atoms with Gasteiger partial charge in [-0.3, -0.25) is 0 Å². The zero-order chi connectivity index (χ0) is 17.2. The Bertz CT molecular complexity index is 499. The van der Waals surface area contributed by atoms with E-state index in [1.807, 2.05) is 0 Å². The van der Waals surface area contributed by atoms with E-state index in [4.69, 9.17) is 0 Å². The number of nitrogens with zero attached hydrogens (tertiary/aromatic N) is 1. The van der Waals surface area contributed by atoms with Gasteiger partial charge >= 0.3 is 0 Å². The van der Waals surface area contributed by atoms with Crippen LogP contribution in [-0.2, 0) is 0 Å². The van der Waals surface area contributed by atoms with Crippen LogP contribution in [-0.4, -0.2) is 31.1 Å². The first kappa shape index (κ1) is 17.8. The zero-order valence-electron chi connectivity index (χ0n) is 16.1. The maximum absolute atomic E-state index is 3.77. The molecule has 0 amide bonds. The molecule has 1 aromatic carbocycles. The molecule has 2 saturated carbocycles. The molecule has 0 unspecified atom stereocenters. The third kappa shape index (κ3) is 4.53. The topological polar surface area (TPSA) is 15.3 Å². The van der Waals surface area contributed by atoms with E-state index in [2.05, 4.69) is 62.4 Å². The largest absolute Gasteiger partial charge is 0.382 e. The fourth-order valence-corrected chi connectivity index (χ4v) is 4.56. The highest BCUT2D eigenvalue weighted by Gasteiger charge is 2.27. The van der Waals surface area contributed by atoms with Crippen LogP contribution in [0.1, 0.15) is 76.7 Å². The predicted molar refractivity (Wildman–Crippen MR) is 105 cm³/mol. The Morgan fingerprint density at radius 2 is 1.46 bits per heavy atom. The quantitative estimate of drug-likeness (QED) is 0.767. The average Bonchev–Trinajstić information content (AvgIpc) is 2.56. The molecule has 0 aliphatic heterocycles. The van der Waals surface area contributed by atoms with E-state index in [0.29, 0.717) is 11.5 Å². The van der Waals surface area contributed by atoms with Gasteiger partial charge in [-0.15, -0.1) is 0 Å². The van der Waals surface area contributed by atoms with Crippen LogP contribution in [0.25, 0.3) is 0 Å². The summed E-state index contributed by atoms with van der Waals surface area (Å²) < 4.78 is 0. The van der Waals surface area contributed by atoms with Gasteiger partial charge in [-0.25, -0.2) is 0 Å². The van der Waals surface area contributed by atoms with E-state index >= 15 is 0 Å². The molecular formula is C22H36N2. The fourth-order valence-electron chi connectivity index (χ4n) is 4.56. The van der Waals surface area contributed by atoms with Crippen LogP contribution in [0.5, 0.6) is 0 Å². The van der Waals surface area contributed by atoms with Gasteiger partial charge in [0.2, 0.25) is 0 Å². The summed E-state index contributed by atoms with van der Waals surface area (Å²) in [4.78, 5) is 2.39. The fraction of sp³-hybridized carbons (Fsp3) is 0.727. The van der Waals surface area contributed by atoms with Gasteiger partial charge in [-0.1, -0.05) is 26.0 Å². The first-order valence-electron chi connectivity index (χ1n) is 9.96. The van der Waals surface area contributed by atoms with Crippen molar-refractivity contribution in [1.29, 1.82) is 0 Å². The summed E-state index contributed by atoms with van der Waals surface area (Å²) in [6, 6.07) is 10.8. The van der Waals surface area contributed by atoms with Crippen LogP contribution in [0.15, 0.2) is 24.3 Å². The number of hydrogen-bond acceptors (Lipinski definition) is 2. The Balaban J connectivity index is 1.50. The molecule has 2 nitrogen and oxygen atoms in total. The summed E-state index contributed by atoms with van der Waals surface area (Å²) in [6.45, 7) is 4.84. The molecule has 0 saturated heterocycles. The van der Waals surface area contributed by atoms with Crippen molar-refractivity contribution in [3.8, 4) is 0 Å². The van der Waals surface area contributed by atoms with Crippen molar-refractivity contribution < 1.29 is 0 Å². The molecule has 2 aliphatic rings. The van der Waals surface area contributed by atoms with Crippen LogP contribution < -0.4 is 5.32 Å². The standard InChI is InChI=1S/C22H36N2/c1-22(2)15-13-18(14-16-22)17-5-7-19(8-6-17)23-20-9-11-21(12-10-20)24(3)4/h5-8,18,20-21,23H,9-16H2,1-4H3. The molecule has 2 aliphatic carbocycles. The third-order valence-electron chi connectivity index (χ3n) is 6.52. The Hall–Kier alpha value is -1.02. The molecule has 3 rings (SSSR count). The Kier molecular flexibility index (Phi) is 5.54. The highest BCUT2D eigenvalue weighted by atomic mass is 15.1. The molecule has 2 heteroatoms. The summed E-state index contributed by atoms with van der Waals surface area (Å²) in [5.41, 5.74) is 3.42. The van der Waals surface area contributed by atoms with E-state index < -0.39 is 0 Å². The van der Waals surface area contributed by atoms with Crippen molar-refractivity contribution in [1.82, 2.24) is 4.90 Å². The number of anilines is 1. The van der Waals surface area contributed by atoms with Crippen molar-refractivity contribution in [2.45, 2.75) is 83.2 Å². The van der Waals surface area contributed by atoms with Crippen molar-refractivity contribution in [2.75, 3.05) is 19.4 Å². The molecule has 0 radical (unpaired) electrons. The highest BCUT2D eigenvalue weighted by molar-refractivity contribution is 5.46. The normalized spacial score (nSPS) is 28.0. The van der Waals surface area contributed by atoms with E-state index in [1.54, 1.807) is 5.56 Å². The van der Waals surface area contributed by atoms with Gasteiger partial charge in [0.1, 0.15) is 0 Å². The van der Waals surface area contributed by atoms with E-state index in [0.717, 1.165) is 12.0 Å². The molecule has 0 aromatic heterocycles. The van der Waals surface area contributed by atoms with Crippen molar-refractivity contribution >= 4 is 5.69 Å². The summed E-state index contributed by atoms with van der Waals surface area (Å²) in [5, 5.41) is 3.77. The second kappa shape index (κ2) is 7.47. The zero-order valence-corrected chi connectivity index (χ0v) is 16.1. The van der Waals surface area contributed by atoms with Crippen LogP contribution in [0.4, 0.5) is 5.69 Å². The van der Waals surface area contributed by atoms with Crippen LogP contribution in [0.2, 0.25) is 0 Å². The lowest BCUT2D eigenvalue weighted by Gasteiger charge is -2.35. The lowest BCUT2D eigenvalue weighted by Crippen LogP contribution is -2.36. The maximum Gasteiger partial charge on any atom is 0.0342 e. The molecule has 0 atom stereocenters. The molecular weight excluding hydrogens is 292 g/mol. The van der Waals surface area contributed by atoms with Gasteiger partial charge in [0.15, 0.2) is 0 Å². The molecule has 24 heavy (non-hydrogen) atoms. The Morgan fingerprint density at radius 3 is 2.00 bits per heavy atom. The Labute approximate surface area is 149 Å². The third-order valence-corrected chi connectivity index (χ3v) is 6.52. The van der Waals surface area contributed by atoms with Gasteiger partial charge in [-0.05, 0) is 94.5 Å². The summed E-state index contributed by atoms with van der Waals surface area (Å²) in [7, 11) is 4.42. The molecule has 2 fully saturated rings. The second-order valence-corrected chi connectivity index (χ2v) is 9.17. The molecule has 1 aromatic rings. The minimum absolute atomic E-state index is 0.559. The van der Waals surface area contributed by atoms with Gasteiger partial charge < -0.3 is 10.2 Å². The van der Waals surface area contributed by atoms with Crippen LogP contribution in [0.3, 0.4) is 0 Å². The molecule has 134 valence electrons. The van der Waals surface area contributed by atoms with E-state index in [9.17, 15) is 0 Å². The summed E-state index contributed by atoms with van der Waals surface area (Å²) in [5.74, 6) is 0.780. The number of nitrogens with one attached hydrogen (secondary N) is 1. The number of benzene rings is 1. The number of hydrogen-bond donors (Lipinski definition) is 1. The van der Waals surface area contributed by atoms with Gasteiger partial charge in [0.05, 0.1) is 0 Å². The summed E-state index contributed by atoms with van der Waals surface area (Å²) >= 11 is 0. The lowest BCUT2D eigenvalue weighted by atomic mass is 9.71. The first-order valence-corrected chi connectivity index (χ1v) is 9.96. The second-order valence-electron chi connectivity index (χ2n) is 9.17. The molecule has 0 spiro atoms. The SMILES string of the molecule is CN(C)C1CCC(Nc2ccc(C3CCC(C)(C)CC3)cc2)CC1. The van der Waals surface area contributed by atoms with Gasteiger partial charge in [0, 0.05) is 17.8 Å². The van der Waals surface area contributed by atoms with E-state index in [-0.39, 0.29) is 0 Å². The first-order chi connectivity index (χ1) is 11.4. The Morgan fingerprint density at radius 1 is 0.875 bits per heavy atom. The van der Waals surface area contributed by atoms with Crippen molar-refractivity contribution in [2.24, 2.45) is 5.41 Å². The van der Waals surface area contributed by atoms with Crippen molar-refractivity contribution in [3.05, 3.63) is 29.8 Å². The minimum Gasteiger partial charge on any atom is -0.382 e. The van der Waals surface area contributed by atoms with Crippen LogP contribution in [0, 0.1) is 5.41 Å².